The van der Waals surface area contributed by atoms with E-state index in [1.165, 1.54) is 5.56 Å². The lowest BCUT2D eigenvalue weighted by atomic mass is 10.1. The minimum absolute atomic E-state index is 0.585. The standard InChI is InChI=1S/C13H9Cl3/c14-11-4-1-9(2-5-11)7-10-3-6-12(15)13(16)8-10/h1-6,8H,7H2. The van der Waals surface area contributed by atoms with Crippen molar-refractivity contribution in [3.63, 3.8) is 0 Å². The zero-order chi connectivity index (χ0) is 11.5. The zero-order valence-electron chi connectivity index (χ0n) is 8.38. The van der Waals surface area contributed by atoms with E-state index in [0.717, 1.165) is 17.0 Å². The molecule has 0 saturated carbocycles. The Balaban J connectivity index is 2.20. The number of benzene rings is 2. The van der Waals surface area contributed by atoms with Crippen LogP contribution in [0.15, 0.2) is 42.5 Å². The predicted octanol–water partition coefficient (Wildman–Crippen LogP) is 5.24. The molecule has 3 heteroatoms. The van der Waals surface area contributed by atoms with E-state index in [4.69, 9.17) is 34.8 Å². The Morgan fingerprint density at radius 2 is 1.31 bits per heavy atom. The summed E-state index contributed by atoms with van der Waals surface area (Å²) in [5.41, 5.74) is 2.33. The van der Waals surface area contributed by atoms with Gasteiger partial charge in [0.15, 0.2) is 0 Å². The molecule has 2 aromatic carbocycles. The van der Waals surface area contributed by atoms with Crippen molar-refractivity contribution in [1.29, 1.82) is 0 Å². The van der Waals surface area contributed by atoms with E-state index < -0.39 is 0 Å². The molecule has 0 heterocycles. The lowest BCUT2D eigenvalue weighted by Crippen LogP contribution is -1.87. The monoisotopic (exact) mass is 270 g/mol. The maximum Gasteiger partial charge on any atom is 0.0595 e. The van der Waals surface area contributed by atoms with E-state index in [9.17, 15) is 0 Å². The van der Waals surface area contributed by atoms with Crippen LogP contribution in [0.1, 0.15) is 11.1 Å². The first-order chi connectivity index (χ1) is 7.65. The Hall–Kier alpha value is -0.690. The molecule has 0 aliphatic heterocycles. The second-order valence-electron chi connectivity index (χ2n) is 3.55. The SMILES string of the molecule is Clc1ccc(Cc2ccc(Cl)c(Cl)c2)cc1. The summed E-state index contributed by atoms with van der Waals surface area (Å²) < 4.78 is 0. The van der Waals surface area contributed by atoms with Crippen LogP contribution < -0.4 is 0 Å². The van der Waals surface area contributed by atoms with Gasteiger partial charge in [0.25, 0.3) is 0 Å². The molecule has 0 aliphatic carbocycles. The molecular weight excluding hydrogens is 263 g/mol. The fraction of sp³-hybridized carbons (Fsp3) is 0.0769. The molecule has 0 N–H and O–H groups in total. The van der Waals surface area contributed by atoms with Crippen LogP contribution in [-0.2, 0) is 6.42 Å². The lowest BCUT2D eigenvalue weighted by Gasteiger charge is -2.03. The first kappa shape index (κ1) is 11.8. The molecule has 0 amide bonds. The van der Waals surface area contributed by atoms with E-state index in [2.05, 4.69) is 0 Å². The number of hydrogen-bond donors (Lipinski definition) is 0. The summed E-state index contributed by atoms with van der Waals surface area (Å²) in [6.45, 7) is 0. The average molecular weight is 272 g/mol. The fourth-order valence-corrected chi connectivity index (χ4v) is 1.93. The van der Waals surface area contributed by atoms with Gasteiger partial charge >= 0.3 is 0 Å². The summed E-state index contributed by atoms with van der Waals surface area (Å²) in [4.78, 5) is 0. The van der Waals surface area contributed by atoms with Gasteiger partial charge in [-0.3, -0.25) is 0 Å². The van der Waals surface area contributed by atoms with Crippen molar-refractivity contribution in [2.24, 2.45) is 0 Å². The van der Waals surface area contributed by atoms with E-state index >= 15 is 0 Å². The van der Waals surface area contributed by atoms with Crippen LogP contribution >= 0.6 is 34.8 Å². The van der Waals surface area contributed by atoms with Gasteiger partial charge in [0.1, 0.15) is 0 Å². The first-order valence-electron chi connectivity index (χ1n) is 4.83. The molecule has 0 radical (unpaired) electrons. The molecule has 2 aromatic rings. The van der Waals surface area contributed by atoms with Gasteiger partial charge in [-0.2, -0.15) is 0 Å². The van der Waals surface area contributed by atoms with Gasteiger partial charge in [0.05, 0.1) is 10.0 Å². The van der Waals surface area contributed by atoms with Crippen molar-refractivity contribution in [2.75, 3.05) is 0 Å². The van der Waals surface area contributed by atoms with E-state index in [1.807, 2.05) is 42.5 Å². The smallest absolute Gasteiger partial charge is 0.0595 e. The van der Waals surface area contributed by atoms with Crippen molar-refractivity contribution >= 4 is 34.8 Å². The van der Waals surface area contributed by atoms with Crippen LogP contribution in [0.25, 0.3) is 0 Å². The Morgan fingerprint density at radius 3 is 1.94 bits per heavy atom. The highest BCUT2D eigenvalue weighted by Crippen LogP contribution is 2.24. The van der Waals surface area contributed by atoms with Crippen LogP contribution in [0.4, 0.5) is 0 Å². The van der Waals surface area contributed by atoms with Gasteiger partial charge in [-0.25, -0.2) is 0 Å². The highest BCUT2D eigenvalue weighted by Gasteiger charge is 2.01. The normalized spacial score (nSPS) is 10.4. The molecule has 2 rings (SSSR count). The summed E-state index contributed by atoms with van der Waals surface area (Å²) in [7, 11) is 0. The summed E-state index contributed by atoms with van der Waals surface area (Å²) in [5.74, 6) is 0. The van der Waals surface area contributed by atoms with Gasteiger partial charge in [-0.1, -0.05) is 53.0 Å². The van der Waals surface area contributed by atoms with Gasteiger partial charge < -0.3 is 0 Å². The maximum atomic E-state index is 5.95. The average Bonchev–Trinajstić information content (AvgIpc) is 2.27. The Labute approximate surface area is 110 Å². The summed E-state index contributed by atoms with van der Waals surface area (Å²) in [5, 5.41) is 1.92. The molecule has 0 spiro atoms. The molecule has 82 valence electrons. The van der Waals surface area contributed by atoms with E-state index in [1.54, 1.807) is 0 Å². The third-order valence-corrected chi connectivity index (χ3v) is 3.30. The maximum absolute atomic E-state index is 5.95. The number of rotatable bonds is 2. The zero-order valence-corrected chi connectivity index (χ0v) is 10.7. The predicted molar refractivity (Wildman–Crippen MR) is 70.7 cm³/mol. The third kappa shape index (κ3) is 2.91. The minimum Gasteiger partial charge on any atom is -0.0843 e. The van der Waals surface area contributed by atoms with Crippen molar-refractivity contribution < 1.29 is 0 Å². The van der Waals surface area contributed by atoms with Crippen LogP contribution in [0.3, 0.4) is 0 Å². The second kappa shape index (κ2) is 5.09. The Morgan fingerprint density at radius 1 is 0.688 bits per heavy atom. The van der Waals surface area contributed by atoms with Crippen molar-refractivity contribution in [2.45, 2.75) is 6.42 Å². The molecule has 16 heavy (non-hydrogen) atoms. The summed E-state index contributed by atoms with van der Waals surface area (Å²) >= 11 is 17.6. The van der Waals surface area contributed by atoms with Crippen LogP contribution in [-0.4, -0.2) is 0 Å². The van der Waals surface area contributed by atoms with Gasteiger partial charge in [-0.15, -0.1) is 0 Å². The summed E-state index contributed by atoms with van der Waals surface area (Å²) in [6, 6.07) is 13.5. The fourth-order valence-electron chi connectivity index (χ4n) is 1.49. The second-order valence-corrected chi connectivity index (χ2v) is 4.80. The highest BCUT2D eigenvalue weighted by molar-refractivity contribution is 6.42. The number of hydrogen-bond acceptors (Lipinski definition) is 0. The van der Waals surface area contributed by atoms with Crippen LogP contribution in [0, 0.1) is 0 Å². The third-order valence-electron chi connectivity index (χ3n) is 2.31. The Bertz CT molecular complexity index is 489. The topological polar surface area (TPSA) is 0 Å². The van der Waals surface area contributed by atoms with E-state index in [0.29, 0.717) is 10.0 Å². The minimum atomic E-state index is 0.585. The molecule has 0 nitrogen and oxygen atoms in total. The van der Waals surface area contributed by atoms with Crippen LogP contribution in [0.2, 0.25) is 15.1 Å². The molecule has 0 atom stereocenters. The molecule has 0 fully saturated rings. The van der Waals surface area contributed by atoms with Gasteiger partial charge in [0.2, 0.25) is 0 Å². The van der Waals surface area contributed by atoms with Crippen LogP contribution in [0.5, 0.6) is 0 Å². The van der Waals surface area contributed by atoms with Crippen molar-refractivity contribution in [1.82, 2.24) is 0 Å². The number of halogens is 3. The van der Waals surface area contributed by atoms with Crippen molar-refractivity contribution in [3.05, 3.63) is 68.7 Å². The summed E-state index contributed by atoms with van der Waals surface area (Å²) in [6.07, 6.45) is 0.827. The molecule has 0 bridgehead atoms. The molecule has 0 saturated heterocycles. The molecule has 0 aliphatic rings. The highest BCUT2D eigenvalue weighted by atomic mass is 35.5. The molecule has 0 aromatic heterocycles. The molecule has 0 unspecified atom stereocenters. The first-order valence-corrected chi connectivity index (χ1v) is 5.97. The van der Waals surface area contributed by atoms with Gasteiger partial charge in [-0.05, 0) is 41.8 Å². The lowest BCUT2D eigenvalue weighted by molar-refractivity contribution is 1.19. The Kier molecular flexibility index (Phi) is 3.75. The molecular formula is C13H9Cl3. The van der Waals surface area contributed by atoms with Crippen molar-refractivity contribution in [3.8, 4) is 0 Å². The van der Waals surface area contributed by atoms with E-state index in [-0.39, 0.29) is 0 Å². The quantitative estimate of drug-likeness (QED) is 0.701. The van der Waals surface area contributed by atoms with Gasteiger partial charge in [0, 0.05) is 5.02 Å². The largest absolute Gasteiger partial charge is 0.0843 e.